The number of carbonyl (C=O) groups is 14. The van der Waals surface area contributed by atoms with Gasteiger partial charge in [0.15, 0.2) is 0 Å². The Morgan fingerprint density at radius 1 is 0.570 bits per heavy atom. The lowest BCUT2D eigenvalue weighted by molar-refractivity contribution is -0.146. The molecule has 3 saturated heterocycles. The molecule has 582 valence electrons. The summed E-state index contributed by atoms with van der Waals surface area (Å²) in [6, 6.07) is 11.6. The summed E-state index contributed by atoms with van der Waals surface area (Å²) < 4.78 is 16.5. The molecule has 15 N–H and O–H groups in total. The smallest absolute Gasteiger partial charge is 0.317 e. The maximum absolute atomic E-state index is 15.2. The molecule has 0 aliphatic carbocycles. The van der Waals surface area contributed by atoms with Gasteiger partial charge >= 0.3 is 18.0 Å². The first-order valence-electron chi connectivity index (χ1n) is 35.9. The summed E-state index contributed by atoms with van der Waals surface area (Å²) in [5.41, 5.74) is 8.43. The molecule has 0 saturated carbocycles. The number of amides is 13. The number of aliphatic carboxylic acids is 2. The number of para-hydroxylation sites is 1. The van der Waals surface area contributed by atoms with Crippen molar-refractivity contribution in [3.05, 3.63) is 107 Å². The van der Waals surface area contributed by atoms with Crippen LogP contribution in [-0.4, -0.2) is 279 Å². The van der Waals surface area contributed by atoms with E-state index in [9.17, 15) is 63.0 Å². The molecule has 3 fully saturated rings. The molecule has 0 bridgehead atoms. The van der Waals surface area contributed by atoms with Gasteiger partial charge < -0.3 is 103 Å². The van der Waals surface area contributed by atoms with Crippen LogP contribution < -0.4 is 58.9 Å². The van der Waals surface area contributed by atoms with Crippen LogP contribution in [0.2, 0.25) is 0 Å². The number of nitrogens with zero attached hydrogens (tertiary/aromatic N) is 4. The second kappa shape index (κ2) is 43.7. The zero-order valence-corrected chi connectivity index (χ0v) is 60.3. The van der Waals surface area contributed by atoms with E-state index in [1.807, 2.05) is 6.92 Å². The van der Waals surface area contributed by atoms with Crippen molar-refractivity contribution in [3.8, 4) is 0 Å². The number of likely N-dealkylation sites (N-methyl/N-ethyl adjacent to an activating group) is 1. The lowest BCUT2D eigenvalue weighted by atomic mass is 10.00. The fourth-order valence-corrected chi connectivity index (χ4v) is 12.3. The predicted octanol–water partition coefficient (Wildman–Crippen LogP) is -2.72. The number of aromatic amines is 1. The number of hydrogen-bond donors (Lipinski definition) is 14. The van der Waals surface area contributed by atoms with E-state index in [2.05, 4.69) is 58.2 Å². The lowest BCUT2D eigenvalue weighted by Gasteiger charge is -2.33. The summed E-state index contributed by atoms with van der Waals surface area (Å²) in [4.78, 5) is 203. The standard InChI is InChI=1S/C72H100N16O19/c1-3-30-105-31-22-53-67(99)82-55(37-49-40-75-51-15-8-7-14-50(49)51)65(97)78-42-60(90)80-52(16-9-10-24-74-72(104)87-28-26-86(27-29-87)44-64(95)96)66(98)84-56(38-63(93)94)71(103)88-25-11-17-57(88)69(101)79-41-59(89)77-43-62(92)85(2)58(36-46-12-5-4-6-13-46)70(102)83-54(68(100)81-53)35-47-18-20-48(21-19-47)39-76-61(91)45-107-34-33-106-32-23-73/h4-8,12-15,18-21,40,52-58,75H,3,9-11,16-17,22-39,41-45,73H2,1-2H3,(H,74,104)(H,76,91)(H,77,89)(H,78,97)(H,79,101)(H,80,90)(H,81,100)(H,82,99)(H,83,102)(H,84,98)(H,93,94)(H,95,96)/t52-,53-,54-,55-,56-,57+,58-/m0/s1. The molecule has 3 aliphatic rings. The van der Waals surface area contributed by atoms with Crippen LogP contribution in [0.5, 0.6) is 0 Å². The molecular formula is C72H100N16O19. The number of carboxylic acid groups (broad SMARTS) is 2. The number of H-pyrrole nitrogens is 1. The molecule has 13 amide bonds. The SMILES string of the molecule is CCCOCC[C@@H]1NC(=O)[C@H](Cc2ccc(CNC(=O)COCCOCCN)cc2)NC(=O)[C@H](Cc2ccccc2)N(C)C(=O)CNC(=O)CNC(=O)[C@H]2CCCN2C(=O)[C@H](CC(=O)O)NC(=O)[C@H](CCCCNC(=O)N2CCN(CC(=O)O)CC2)NC(=O)CNC(=O)[C@H](Cc2c[nH]c3ccccc23)NC1=O. The Morgan fingerprint density at radius 3 is 1.92 bits per heavy atom. The Labute approximate surface area is 618 Å². The summed E-state index contributed by atoms with van der Waals surface area (Å²) >= 11 is 0. The van der Waals surface area contributed by atoms with E-state index in [-0.39, 0.29) is 130 Å². The first kappa shape index (κ1) is 83.7. The maximum atomic E-state index is 15.2. The third kappa shape index (κ3) is 27.7. The van der Waals surface area contributed by atoms with Gasteiger partial charge in [-0.3, -0.25) is 67.2 Å². The van der Waals surface area contributed by atoms with Gasteiger partial charge in [0, 0.05) is 109 Å². The second-order valence-corrected chi connectivity index (χ2v) is 26.2. The van der Waals surface area contributed by atoms with Crippen molar-refractivity contribution >= 4 is 93.9 Å². The number of benzene rings is 3. The fourth-order valence-electron chi connectivity index (χ4n) is 12.3. The van der Waals surface area contributed by atoms with E-state index in [4.69, 9.17) is 19.9 Å². The van der Waals surface area contributed by atoms with Crippen molar-refractivity contribution in [1.29, 1.82) is 0 Å². The number of unbranched alkanes of at least 4 members (excludes halogenated alkanes) is 1. The summed E-state index contributed by atoms with van der Waals surface area (Å²) in [7, 11) is 1.32. The number of aromatic nitrogens is 1. The number of carboxylic acids is 2. The molecule has 0 radical (unpaired) electrons. The number of carbonyl (C=O) groups excluding carboxylic acids is 12. The van der Waals surface area contributed by atoms with Gasteiger partial charge in [-0.2, -0.15) is 0 Å². The average Bonchev–Trinajstić information content (AvgIpc) is 1.74. The Hall–Kier alpha value is -10.6. The van der Waals surface area contributed by atoms with Crippen molar-refractivity contribution in [2.24, 2.45) is 5.73 Å². The van der Waals surface area contributed by atoms with E-state index in [1.165, 1.54) is 11.9 Å². The zero-order chi connectivity index (χ0) is 77.2. The number of ether oxygens (including phenoxy) is 3. The third-order valence-electron chi connectivity index (χ3n) is 18.1. The highest BCUT2D eigenvalue weighted by molar-refractivity contribution is 5.99. The predicted molar refractivity (Wildman–Crippen MR) is 386 cm³/mol. The maximum Gasteiger partial charge on any atom is 0.317 e. The van der Waals surface area contributed by atoms with Crippen molar-refractivity contribution in [2.45, 2.75) is 126 Å². The third-order valence-corrected chi connectivity index (χ3v) is 18.1. The highest BCUT2D eigenvalue weighted by Crippen LogP contribution is 2.22. The van der Waals surface area contributed by atoms with Gasteiger partial charge in [0.05, 0.1) is 52.4 Å². The molecule has 0 unspecified atom stereocenters. The van der Waals surface area contributed by atoms with Crippen LogP contribution in [0.3, 0.4) is 0 Å². The molecule has 0 spiro atoms. The summed E-state index contributed by atoms with van der Waals surface area (Å²) in [6.45, 7) is 1.82. The topological polar surface area (TPSA) is 482 Å². The molecule has 3 aromatic carbocycles. The van der Waals surface area contributed by atoms with Gasteiger partial charge in [-0.25, -0.2) is 4.79 Å². The van der Waals surface area contributed by atoms with Gasteiger partial charge in [0.2, 0.25) is 65.0 Å². The van der Waals surface area contributed by atoms with Gasteiger partial charge in [0.25, 0.3) is 0 Å². The number of nitrogens with two attached hydrogens (primary N) is 1. The van der Waals surface area contributed by atoms with Crippen LogP contribution >= 0.6 is 0 Å². The van der Waals surface area contributed by atoms with Crippen molar-refractivity contribution in [2.75, 3.05) is 119 Å². The molecule has 35 nitrogen and oxygen atoms in total. The number of urea groups is 1. The van der Waals surface area contributed by atoms with Crippen LogP contribution in [-0.2, 0) is 102 Å². The molecule has 3 aliphatic heterocycles. The Bertz CT molecular complexity index is 3690. The molecule has 7 atom stereocenters. The van der Waals surface area contributed by atoms with Gasteiger partial charge in [0.1, 0.15) is 48.9 Å². The number of hydrogen-bond acceptors (Lipinski definition) is 19. The Balaban J connectivity index is 1.20. The minimum absolute atomic E-state index is 0.0600. The van der Waals surface area contributed by atoms with Crippen molar-refractivity contribution in [1.82, 2.24) is 77.8 Å². The van der Waals surface area contributed by atoms with Crippen LogP contribution in [0, 0.1) is 0 Å². The molecular weight excluding hydrogens is 1390 g/mol. The number of piperazine rings is 1. The molecule has 4 aromatic rings. The van der Waals surface area contributed by atoms with E-state index >= 15 is 14.4 Å². The fraction of sp³-hybridized carbons (Fsp3) is 0.528. The largest absolute Gasteiger partial charge is 0.481 e. The minimum Gasteiger partial charge on any atom is -0.481 e. The molecule has 107 heavy (non-hydrogen) atoms. The summed E-state index contributed by atoms with van der Waals surface area (Å²) in [5.74, 6) is -11.9. The van der Waals surface area contributed by atoms with E-state index in [0.29, 0.717) is 65.8 Å². The van der Waals surface area contributed by atoms with E-state index in [0.717, 1.165) is 9.80 Å². The highest BCUT2D eigenvalue weighted by atomic mass is 16.5. The lowest BCUT2D eigenvalue weighted by Crippen LogP contribution is -2.60. The van der Waals surface area contributed by atoms with Crippen LogP contribution in [0.1, 0.15) is 80.5 Å². The molecule has 4 heterocycles. The van der Waals surface area contributed by atoms with Crippen LogP contribution in [0.4, 0.5) is 4.79 Å². The normalized spacial score (nSPS) is 21.2. The number of rotatable bonds is 29. The molecule has 7 rings (SSSR count). The summed E-state index contributed by atoms with van der Waals surface area (Å²) in [5, 5.41) is 46.4. The quantitative estimate of drug-likeness (QED) is 0.0246. The number of fused-ring (bicyclic) bond motifs is 2. The van der Waals surface area contributed by atoms with E-state index in [1.54, 1.807) is 90.0 Å². The van der Waals surface area contributed by atoms with Crippen LogP contribution in [0.25, 0.3) is 10.9 Å². The van der Waals surface area contributed by atoms with E-state index < -0.39 is 151 Å². The van der Waals surface area contributed by atoms with Crippen LogP contribution in [0.15, 0.2) is 85.1 Å². The number of nitrogens with one attached hydrogen (secondary N) is 11. The van der Waals surface area contributed by atoms with Crippen molar-refractivity contribution in [3.63, 3.8) is 0 Å². The monoisotopic (exact) mass is 1490 g/mol. The minimum atomic E-state index is -1.81. The first-order chi connectivity index (χ1) is 51.5. The second-order valence-electron chi connectivity index (χ2n) is 26.2. The summed E-state index contributed by atoms with van der Waals surface area (Å²) in [6.07, 6.45) is 1.02. The van der Waals surface area contributed by atoms with Gasteiger partial charge in [-0.1, -0.05) is 79.7 Å². The molecule has 35 heteroatoms. The average molecular weight is 1490 g/mol. The highest BCUT2D eigenvalue weighted by Gasteiger charge is 2.40. The zero-order valence-electron chi connectivity index (χ0n) is 60.3. The van der Waals surface area contributed by atoms with Crippen molar-refractivity contribution < 1.29 is 91.5 Å². The van der Waals surface area contributed by atoms with Gasteiger partial charge in [-0.15, -0.1) is 0 Å². The van der Waals surface area contributed by atoms with Gasteiger partial charge in [-0.05, 0) is 73.3 Å². The Morgan fingerprint density at radius 2 is 1.20 bits per heavy atom. The Kier molecular flexibility index (Phi) is 34.2. The molecule has 1 aromatic heterocycles. The first-order valence-corrected chi connectivity index (χ1v) is 35.9.